The average Bonchev–Trinajstić information content (AvgIpc) is 2.02. The molecular weight excluding hydrogens is 252 g/mol. The first-order valence-electron chi connectivity index (χ1n) is 5.80. The number of hydrogen-bond donors (Lipinski definition) is 0. The molecule has 0 spiro atoms. The molecule has 0 saturated heterocycles. The van der Waals surface area contributed by atoms with Gasteiger partial charge in [-0.2, -0.15) is 0 Å². The highest BCUT2D eigenvalue weighted by molar-refractivity contribution is 9.11. The van der Waals surface area contributed by atoms with E-state index in [9.17, 15) is 0 Å². The topological polar surface area (TPSA) is 0 Å². The molecule has 0 nitrogen and oxygen atoms in total. The van der Waals surface area contributed by atoms with Gasteiger partial charge in [0.1, 0.15) is 0 Å². The predicted molar refractivity (Wildman–Crippen MR) is 73.9 cm³/mol. The van der Waals surface area contributed by atoms with E-state index >= 15 is 0 Å². The summed E-state index contributed by atoms with van der Waals surface area (Å²) in [6.07, 6.45) is 8.82. The molecule has 0 saturated carbocycles. The number of rotatable bonds is 7. The van der Waals surface area contributed by atoms with Gasteiger partial charge >= 0.3 is 0 Å². The fourth-order valence-electron chi connectivity index (χ4n) is 1.35. The van der Waals surface area contributed by atoms with Crippen LogP contribution in [-0.4, -0.2) is 8.07 Å². The Hall–Kier alpha value is 0.437. The summed E-state index contributed by atoms with van der Waals surface area (Å²) in [6, 6.07) is 1.45. The summed E-state index contributed by atoms with van der Waals surface area (Å²) in [5, 5.41) is 0. The van der Waals surface area contributed by atoms with Gasteiger partial charge in [0.25, 0.3) is 0 Å². The van der Waals surface area contributed by atoms with Gasteiger partial charge in [0, 0.05) is 8.07 Å². The first-order valence-corrected chi connectivity index (χ1v) is 10.3. The van der Waals surface area contributed by atoms with Crippen LogP contribution in [0.15, 0.2) is 10.6 Å². The highest BCUT2D eigenvalue weighted by Crippen LogP contribution is 2.20. The second-order valence-electron chi connectivity index (χ2n) is 5.21. The normalized spacial score (nSPS) is 13.4. The number of halogens is 1. The van der Waals surface area contributed by atoms with Crippen molar-refractivity contribution in [2.24, 2.45) is 0 Å². The van der Waals surface area contributed by atoms with Crippen molar-refractivity contribution in [3.63, 3.8) is 0 Å². The Morgan fingerprint density at radius 3 is 2.36 bits per heavy atom. The molecule has 0 fully saturated rings. The minimum atomic E-state index is -0.810. The Labute approximate surface area is 99.3 Å². The van der Waals surface area contributed by atoms with Gasteiger partial charge in [-0.25, -0.2) is 0 Å². The van der Waals surface area contributed by atoms with E-state index in [0.29, 0.717) is 0 Å². The summed E-state index contributed by atoms with van der Waals surface area (Å²) in [6.45, 7) is 9.58. The smallest absolute Gasteiger partial charge is 0.0442 e. The van der Waals surface area contributed by atoms with Gasteiger partial charge in [-0.3, -0.25) is 0 Å². The summed E-state index contributed by atoms with van der Waals surface area (Å²) < 4.78 is 1.42. The standard InChI is InChI=1S/C12H25BrSi/c1-5-6-7-9-12(13)10-8-11-14(2,3)4/h9H,5-8,10-11H2,1-4H3/b12-9+. The van der Waals surface area contributed by atoms with E-state index in [1.54, 1.807) is 0 Å². The van der Waals surface area contributed by atoms with Crippen molar-refractivity contribution in [1.29, 1.82) is 0 Å². The van der Waals surface area contributed by atoms with Crippen LogP contribution in [0.3, 0.4) is 0 Å². The maximum absolute atomic E-state index is 3.65. The molecular formula is C12H25BrSi. The summed E-state index contributed by atoms with van der Waals surface area (Å²) >= 11 is 3.65. The molecule has 0 aromatic heterocycles. The van der Waals surface area contributed by atoms with E-state index < -0.39 is 8.07 Å². The van der Waals surface area contributed by atoms with Crippen molar-refractivity contribution in [1.82, 2.24) is 0 Å². The zero-order valence-corrected chi connectivity index (χ0v) is 12.8. The molecule has 0 bridgehead atoms. The molecule has 0 aliphatic rings. The predicted octanol–water partition coefficient (Wildman–Crippen LogP) is 5.57. The summed E-state index contributed by atoms with van der Waals surface area (Å²) in [5.41, 5.74) is 0. The van der Waals surface area contributed by atoms with Gasteiger partial charge in [0.15, 0.2) is 0 Å². The molecule has 0 aromatic carbocycles. The van der Waals surface area contributed by atoms with Crippen LogP contribution in [0.4, 0.5) is 0 Å². The van der Waals surface area contributed by atoms with Crippen LogP contribution in [0.2, 0.25) is 25.7 Å². The van der Waals surface area contributed by atoms with Crippen LogP contribution in [0.1, 0.15) is 39.0 Å². The molecule has 0 amide bonds. The van der Waals surface area contributed by atoms with Crippen molar-refractivity contribution in [2.75, 3.05) is 0 Å². The van der Waals surface area contributed by atoms with Crippen LogP contribution in [0, 0.1) is 0 Å². The fraction of sp³-hybridized carbons (Fsp3) is 0.833. The Kier molecular flexibility index (Phi) is 7.93. The van der Waals surface area contributed by atoms with E-state index in [4.69, 9.17) is 0 Å². The van der Waals surface area contributed by atoms with Gasteiger partial charge < -0.3 is 0 Å². The van der Waals surface area contributed by atoms with Crippen LogP contribution in [0.25, 0.3) is 0 Å². The molecule has 0 rings (SSSR count). The maximum Gasteiger partial charge on any atom is 0.0442 e. The highest BCUT2D eigenvalue weighted by Gasteiger charge is 2.11. The summed E-state index contributed by atoms with van der Waals surface area (Å²) in [4.78, 5) is 0. The molecule has 0 aliphatic heterocycles. The zero-order chi connectivity index (χ0) is 11.0. The Morgan fingerprint density at radius 2 is 1.86 bits per heavy atom. The van der Waals surface area contributed by atoms with E-state index in [-0.39, 0.29) is 0 Å². The second-order valence-corrected chi connectivity index (χ2v) is 11.8. The minimum absolute atomic E-state index is 0.810. The van der Waals surface area contributed by atoms with Crippen LogP contribution in [-0.2, 0) is 0 Å². The SMILES string of the molecule is CCCC/C=C(/Br)CCC[Si](C)(C)C. The van der Waals surface area contributed by atoms with Crippen molar-refractivity contribution >= 4 is 24.0 Å². The van der Waals surface area contributed by atoms with Crippen molar-refractivity contribution in [2.45, 2.75) is 64.7 Å². The molecule has 0 atom stereocenters. The monoisotopic (exact) mass is 276 g/mol. The fourth-order valence-corrected chi connectivity index (χ4v) is 3.10. The third-order valence-electron chi connectivity index (χ3n) is 2.27. The maximum atomic E-state index is 3.65. The lowest BCUT2D eigenvalue weighted by molar-refractivity contribution is 0.808. The lowest BCUT2D eigenvalue weighted by atomic mass is 10.2. The Balaban J connectivity index is 3.53. The van der Waals surface area contributed by atoms with Crippen molar-refractivity contribution in [3.05, 3.63) is 10.6 Å². The quantitative estimate of drug-likeness (QED) is 0.421. The van der Waals surface area contributed by atoms with Gasteiger partial charge in [-0.1, -0.05) is 73.9 Å². The number of allylic oxidation sites excluding steroid dienone is 2. The van der Waals surface area contributed by atoms with E-state index in [2.05, 4.69) is 48.6 Å². The second kappa shape index (κ2) is 7.69. The lowest BCUT2D eigenvalue weighted by Gasteiger charge is -2.14. The van der Waals surface area contributed by atoms with Gasteiger partial charge in [-0.05, 0) is 17.3 Å². The van der Waals surface area contributed by atoms with Crippen molar-refractivity contribution in [3.8, 4) is 0 Å². The molecule has 0 unspecified atom stereocenters. The summed E-state index contributed by atoms with van der Waals surface area (Å²) in [7, 11) is -0.810. The van der Waals surface area contributed by atoms with Crippen LogP contribution >= 0.6 is 15.9 Å². The van der Waals surface area contributed by atoms with Gasteiger partial charge in [0.05, 0.1) is 0 Å². The Bertz CT molecular complexity index is 168. The van der Waals surface area contributed by atoms with Gasteiger partial charge in [-0.15, -0.1) is 0 Å². The molecule has 0 N–H and O–H groups in total. The largest absolute Gasteiger partial charge is 0.0744 e. The molecule has 0 aromatic rings. The third-order valence-corrected chi connectivity index (χ3v) is 4.84. The first kappa shape index (κ1) is 14.4. The van der Waals surface area contributed by atoms with Gasteiger partial charge in [0.2, 0.25) is 0 Å². The molecule has 0 aliphatic carbocycles. The van der Waals surface area contributed by atoms with Crippen LogP contribution in [0.5, 0.6) is 0 Å². The molecule has 14 heavy (non-hydrogen) atoms. The number of unbranched alkanes of at least 4 members (excludes halogenated alkanes) is 2. The average molecular weight is 277 g/mol. The first-order chi connectivity index (χ1) is 6.45. The highest BCUT2D eigenvalue weighted by atomic mass is 79.9. The summed E-state index contributed by atoms with van der Waals surface area (Å²) in [5.74, 6) is 0. The molecule has 0 radical (unpaired) electrons. The van der Waals surface area contributed by atoms with E-state index in [1.807, 2.05) is 0 Å². The Morgan fingerprint density at radius 1 is 1.21 bits per heavy atom. The third kappa shape index (κ3) is 10.5. The minimum Gasteiger partial charge on any atom is -0.0744 e. The molecule has 2 heteroatoms. The van der Waals surface area contributed by atoms with E-state index in [0.717, 1.165) is 0 Å². The van der Waals surface area contributed by atoms with Crippen molar-refractivity contribution < 1.29 is 0 Å². The molecule has 84 valence electrons. The lowest BCUT2D eigenvalue weighted by Crippen LogP contribution is -2.18. The molecule has 0 heterocycles. The zero-order valence-electron chi connectivity index (χ0n) is 10.2. The van der Waals surface area contributed by atoms with Crippen LogP contribution < -0.4 is 0 Å². The van der Waals surface area contributed by atoms with E-state index in [1.165, 1.54) is 42.6 Å². The number of hydrogen-bond acceptors (Lipinski definition) is 0.